The standard InChI is InChI=1S/C12H14O3S2/c1-16-12(17-2)6-7-15-9-5-3-4-8(10(9)12)11(13)14/h3-5H,6-7H2,1-2H3,(H,13,14). The molecule has 2 rings (SSSR count). The Labute approximate surface area is 109 Å². The van der Waals surface area contributed by atoms with E-state index in [4.69, 9.17) is 4.74 Å². The fourth-order valence-corrected chi connectivity index (χ4v) is 4.21. The Balaban J connectivity index is 2.66. The van der Waals surface area contributed by atoms with Crippen LogP contribution in [-0.4, -0.2) is 30.2 Å². The van der Waals surface area contributed by atoms with E-state index in [-0.39, 0.29) is 4.08 Å². The predicted molar refractivity (Wildman–Crippen MR) is 72.2 cm³/mol. The molecule has 92 valence electrons. The summed E-state index contributed by atoms with van der Waals surface area (Å²) in [6, 6.07) is 5.23. The first-order valence-corrected chi connectivity index (χ1v) is 7.69. The number of hydrogen-bond acceptors (Lipinski definition) is 4. The molecule has 0 atom stereocenters. The normalized spacial score (nSPS) is 17.1. The molecule has 0 bridgehead atoms. The van der Waals surface area contributed by atoms with Gasteiger partial charge in [0.25, 0.3) is 0 Å². The van der Waals surface area contributed by atoms with E-state index in [0.717, 1.165) is 12.0 Å². The molecule has 5 heteroatoms. The minimum Gasteiger partial charge on any atom is -0.493 e. The van der Waals surface area contributed by atoms with Gasteiger partial charge in [0.15, 0.2) is 0 Å². The van der Waals surface area contributed by atoms with Crippen LogP contribution < -0.4 is 4.74 Å². The van der Waals surface area contributed by atoms with Crippen LogP contribution in [0.4, 0.5) is 0 Å². The fraction of sp³-hybridized carbons (Fsp3) is 0.417. The number of aromatic carboxylic acids is 1. The van der Waals surface area contributed by atoms with Crippen LogP contribution in [0.3, 0.4) is 0 Å². The Morgan fingerprint density at radius 3 is 2.71 bits per heavy atom. The molecule has 0 spiro atoms. The van der Waals surface area contributed by atoms with Crippen LogP contribution in [0, 0.1) is 0 Å². The third-order valence-electron chi connectivity index (χ3n) is 2.99. The van der Waals surface area contributed by atoms with Crippen molar-refractivity contribution in [3.8, 4) is 5.75 Å². The molecule has 0 unspecified atom stereocenters. The van der Waals surface area contributed by atoms with Crippen LogP contribution >= 0.6 is 23.5 Å². The van der Waals surface area contributed by atoms with E-state index in [1.165, 1.54) is 0 Å². The molecule has 1 aromatic carbocycles. The molecule has 0 aliphatic carbocycles. The van der Waals surface area contributed by atoms with Crippen molar-refractivity contribution in [3.05, 3.63) is 29.3 Å². The molecule has 0 aromatic heterocycles. The molecule has 1 aliphatic rings. The lowest BCUT2D eigenvalue weighted by atomic mass is 9.99. The lowest BCUT2D eigenvalue weighted by molar-refractivity contribution is 0.0694. The second-order valence-corrected chi connectivity index (χ2v) is 6.21. The number of fused-ring (bicyclic) bond motifs is 1. The third-order valence-corrected chi connectivity index (χ3v) is 6.12. The molecule has 0 radical (unpaired) electrons. The Bertz CT molecular complexity index is 441. The van der Waals surface area contributed by atoms with Gasteiger partial charge in [0.2, 0.25) is 0 Å². The Hall–Kier alpha value is -0.810. The zero-order valence-electron chi connectivity index (χ0n) is 9.73. The van der Waals surface area contributed by atoms with E-state index in [1.807, 2.05) is 18.6 Å². The van der Waals surface area contributed by atoms with Gasteiger partial charge in [0.1, 0.15) is 5.75 Å². The lowest BCUT2D eigenvalue weighted by Gasteiger charge is -2.37. The summed E-state index contributed by atoms with van der Waals surface area (Å²) in [5, 5.41) is 9.29. The van der Waals surface area contributed by atoms with E-state index in [1.54, 1.807) is 35.7 Å². The maximum absolute atomic E-state index is 11.3. The van der Waals surface area contributed by atoms with E-state index in [2.05, 4.69) is 0 Å². The molecule has 0 fully saturated rings. The largest absolute Gasteiger partial charge is 0.493 e. The van der Waals surface area contributed by atoms with Crippen LogP contribution in [0.25, 0.3) is 0 Å². The first-order valence-electron chi connectivity index (χ1n) is 5.24. The van der Waals surface area contributed by atoms with Crippen LogP contribution in [0.2, 0.25) is 0 Å². The zero-order chi connectivity index (χ0) is 12.5. The summed E-state index contributed by atoms with van der Waals surface area (Å²) in [5.74, 6) is -0.181. The van der Waals surface area contributed by atoms with Gasteiger partial charge in [-0.1, -0.05) is 6.07 Å². The Kier molecular flexibility index (Phi) is 3.58. The topological polar surface area (TPSA) is 46.5 Å². The summed E-state index contributed by atoms with van der Waals surface area (Å²) >= 11 is 3.37. The molecule has 0 amide bonds. The van der Waals surface area contributed by atoms with Gasteiger partial charge < -0.3 is 9.84 Å². The van der Waals surface area contributed by atoms with Crippen molar-refractivity contribution in [1.29, 1.82) is 0 Å². The summed E-state index contributed by atoms with van der Waals surface area (Å²) in [4.78, 5) is 11.3. The van der Waals surface area contributed by atoms with Gasteiger partial charge in [0.05, 0.1) is 16.2 Å². The molecule has 17 heavy (non-hydrogen) atoms. The Morgan fingerprint density at radius 1 is 1.41 bits per heavy atom. The molecular weight excluding hydrogens is 256 g/mol. The second kappa shape index (κ2) is 4.82. The number of hydrogen-bond donors (Lipinski definition) is 1. The van der Waals surface area contributed by atoms with Crippen molar-refractivity contribution >= 4 is 29.5 Å². The molecule has 1 heterocycles. The van der Waals surface area contributed by atoms with Gasteiger partial charge in [-0.15, -0.1) is 23.5 Å². The van der Waals surface area contributed by atoms with Crippen LogP contribution in [0.15, 0.2) is 18.2 Å². The number of benzene rings is 1. The van der Waals surface area contributed by atoms with Crippen molar-refractivity contribution in [3.63, 3.8) is 0 Å². The van der Waals surface area contributed by atoms with E-state index in [9.17, 15) is 9.90 Å². The van der Waals surface area contributed by atoms with Gasteiger partial charge in [-0.2, -0.15) is 0 Å². The number of thioether (sulfide) groups is 2. The van der Waals surface area contributed by atoms with E-state index < -0.39 is 5.97 Å². The van der Waals surface area contributed by atoms with Crippen molar-refractivity contribution in [2.75, 3.05) is 19.1 Å². The summed E-state index contributed by atoms with van der Waals surface area (Å²) in [5.41, 5.74) is 1.17. The van der Waals surface area contributed by atoms with Gasteiger partial charge in [-0.25, -0.2) is 4.79 Å². The summed E-state index contributed by atoms with van der Waals surface area (Å²) in [6.45, 7) is 0.637. The van der Waals surface area contributed by atoms with Crippen LogP contribution in [0.5, 0.6) is 5.75 Å². The van der Waals surface area contributed by atoms with E-state index in [0.29, 0.717) is 17.9 Å². The predicted octanol–water partition coefficient (Wildman–Crippen LogP) is 3.05. The van der Waals surface area contributed by atoms with Gasteiger partial charge >= 0.3 is 5.97 Å². The molecule has 0 saturated heterocycles. The quantitative estimate of drug-likeness (QED) is 0.855. The summed E-state index contributed by atoms with van der Waals surface area (Å²) in [6.07, 6.45) is 4.86. The van der Waals surface area contributed by atoms with Crippen molar-refractivity contribution < 1.29 is 14.6 Å². The average Bonchev–Trinajstić information content (AvgIpc) is 2.37. The number of carboxylic acids is 1. The van der Waals surface area contributed by atoms with Crippen molar-refractivity contribution in [2.24, 2.45) is 0 Å². The first kappa shape index (κ1) is 12.6. The monoisotopic (exact) mass is 270 g/mol. The lowest BCUT2D eigenvalue weighted by Crippen LogP contribution is -2.28. The number of carbonyl (C=O) groups is 1. The number of carboxylic acid groups (broad SMARTS) is 1. The molecule has 1 aromatic rings. The SMILES string of the molecule is CSC1(SC)CCOc2cccc(C(=O)O)c21. The Morgan fingerprint density at radius 2 is 2.12 bits per heavy atom. The summed E-state index contributed by atoms with van der Waals surface area (Å²) in [7, 11) is 0. The highest BCUT2D eigenvalue weighted by Gasteiger charge is 2.39. The molecular formula is C12H14O3S2. The molecule has 1 aliphatic heterocycles. The highest BCUT2D eigenvalue weighted by atomic mass is 32.2. The second-order valence-electron chi connectivity index (χ2n) is 3.74. The first-order chi connectivity index (χ1) is 8.14. The number of rotatable bonds is 3. The summed E-state index contributed by atoms with van der Waals surface area (Å²) < 4.78 is 5.38. The maximum atomic E-state index is 11.3. The van der Waals surface area contributed by atoms with Crippen molar-refractivity contribution in [2.45, 2.75) is 10.5 Å². The minimum absolute atomic E-state index is 0.206. The fourth-order valence-electron chi connectivity index (χ4n) is 2.13. The van der Waals surface area contributed by atoms with Gasteiger partial charge in [-0.3, -0.25) is 0 Å². The van der Waals surface area contributed by atoms with Crippen LogP contribution in [0.1, 0.15) is 22.3 Å². The zero-order valence-corrected chi connectivity index (χ0v) is 11.4. The van der Waals surface area contributed by atoms with Gasteiger partial charge in [0, 0.05) is 12.0 Å². The highest BCUT2D eigenvalue weighted by Crippen LogP contribution is 2.53. The van der Waals surface area contributed by atoms with Crippen LogP contribution in [-0.2, 0) is 4.08 Å². The molecule has 3 nitrogen and oxygen atoms in total. The highest BCUT2D eigenvalue weighted by molar-refractivity contribution is 8.16. The third kappa shape index (κ3) is 2.02. The van der Waals surface area contributed by atoms with E-state index >= 15 is 0 Å². The number of ether oxygens (including phenoxy) is 1. The average molecular weight is 270 g/mol. The maximum Gasteiger partial charge on any atom is 0.336 e. The minimum atomic E-state index is -0.889. The van der Waals surface area contributed by atoms with Gasteiger partial charge in [-0.05, 0) is 24.6 Å². The van der Waals surface area contributed by atoms with Crippen molar-refractivity contribution in [1.82, 2.24) is 0 Å². The molecule has 1 N–H and O–H groups in total. The smallest absolute Gasteiger partial charge is 0.336 e. The molecule has 0 saturated carbocycles.